The Morgan fingerprint density at radius 2 is 1.70 bits per heavy atom. The smallest absolute Gasteiger partial charge is 0.447 e. The van der Waals surface area contributed by atoms with E-state index >= 15 is 0 Å². The van der Waals surface area contributed by atoms with Gasteiger partial charge in [0.05, 0.1) is 17.8 Å². The van der Waals surface area contributed by atoms with E-state index in [1.54, 1.807) is 19.0 Å². The number of hydrogen-bond acceptors (Lipinski definition) is 6. The highest BCUT2D eigenvalue weighted by Gasteiger charge is 2.36. The van der Waals surface area contributed by atoms with Crippen LogP contribution in [-0.4, -0.2) is 92.7 Å². The van der Waals surface area contributed by atoms with Crippen LogP contribution in [-0.2, 0) is 24.4 Å². The van der Waals surface area contributed by atoms with E-state index < -0.39 is 10.2 Å². The van der Waals surface area contributed by atoms with Gasteiger partial charge in [0.1, 0.15) is 18.6 Å². The first-order chi connectivity index (χ1) is 15.6. The zero-order valence-corrected chi connectivity index (χ0v) is 21.1. The molecule has 33 heavy (non-hydrogen) atoms. The van der Waals surface area contributed by atoms with Crippen LogP contribution in [0.1, 0.15) is 52.9 Å². The van der Waals surface area contributed by atoms with Crippen LogP contribution >= 0.6 is 0 Å². The molecule has 3 rings (SSSR count). The maximum absolute atomic E-state index is 12.3. The van der Waals surface area contributed by atoms with Crippen molar-refractivity contribution < 1.29 is 27.4 Å². The lowest BCUT2D eigenvalue weighted by molar-refractivity contribution is -0.0205. The summed E-state index contributed by atoms with van der Waals surface area (Å²) in [6.07, 6.45) is 2.64. The Labute approximate surface area is 197 Å². The molecule has 0 spiro atoms. The number of rotatable bonds is 7. The molecule has 0 aliphatic carbocycles. The van der Waals surface area contributed by atoms with Crippen molar-refractivity contribution in [3.8, 4) is 6.07 Å². The Hall–Kier alpha value is -1.87. The average molecular weight is 486 g/mol. The third-order valence-electron chi connectivity index (χ3n) is 6.14. The van der Waals surface area contributed by atoms with Crippen molar-refractivity contribution in [2.24, 2.45) is 0 Å². The third-order valence-corrected chi connectivity index (χ3v) is 8.08. The van der Waals surface area contributed by atoms with Crippen LogP contribution in [0.5, 0.6) is 0 Å². The molecule has 0 aromatic rings. The molecule has 3 heterocycles. The number of amides is 1. The van der Waals surface area contributed by atoms with Crippen molar-refractivity contribution in [2.75, 3.05) is 40.3 Å². The van der Waals surface area contributed by atoms with E-state index in [4.69, 9.17) is 14.2 Å². The summed E-state index contributed by atoms with van der Waals surface area (Å²) in [5, 5.41) is 0. The number of likely N-dealkylation sites (tertiary alicyclic amines) is 1. The standard InChI is InChI=1S/C22H37N4O6S/c1-16(2)30-22(27)25-12-7-19(8-13-25)32-21-17(3)20(6-11-23-21)31-18-9-14-26(15-10-18)33(28,29)24(4)5/h16,18-20H,6-10,12-15H2,1-5H3/q+1. The van der Waals surface area contributed by atoms with Gasteiger partial charge in [-0.1, -0.05) is 0 Å². The second-order valence-electron chi connectivity index (χ2n) is 9.21. The van der Waals surface area contributed by atoms with Crippen LogP contribution < -0.4 is 0 Å². The minimum Gasteiger partial charge on any atom is -0.447 e. The highest BCUT2D eigenvalue weighted by atomic mass is 32.2. The van der Waals surface area contributed by atoms with E-state index in [-0.39, 0.29) is 30.5 Å². The fourth-order valence-electron chi connectivity index (χ4n) is 4.10. The first-order valence-electron chi connectivity index (χ1n) is 11.7. The van der Waals surface area contributed by atoms with E-state index in [2.05, 4.69) is 10.9 Å². The SMILES string of the molecule is CC1=C(OC2CCN(C(=O)OC(C)C)CC2)[N+]#CCC1OC1CCN(S(=O)(=O)N(C)C)CC1. The van der Waals surface area contributed by atoms with Gasteiger partial charge in [0.2, 0.25) is 0 Å². The predicted octanol–water partition coefficient (Wildman–Crippen LogP) is 2.64. The zero-order valence-electron chi connectivity index (χ0n) is 20.3. The fourth-order valence-corrected chi connectivity index (χ4v) is 5.24. The van der Waals surface area contributed by atoms with E-state index in [9.17, 15) is 13.2 Å². The summed E-state index contributed by atoms with van der Waals surface area (Å²) >= 11 is 0. The summed E-state index contributed by atoms with van der Waals surface area (Å²) in [5.74, 6) is 0.544. The van der Waals surface area contributed by atoms with Crippen molar-refractivity contribution in [3.05, 3.63) is 16.3 Å². The van der Waals surface area contributed by atoms with Gasteiger partial charge >= 0.3 is 12.0 Å². The first-order valence-corrected chi connectivity index (χ1v) is 13.1. The van der Waals surface area contributed by atoms with Gasteiger partial charge in [-0.3, -0.25) is 0 Å². The van der Waals surface area contributed by atoms with Crippen molar-refractivity contribution in [2.45, 2.75) is 77.3 Å². The van der Waals surface area contributed by atoms with Crippen LogP contribution in [0.3, 0.4) is 0 Å². The molecule has 2 saturated heterocycles. The Morgan fingerprint density at radius 1 is 1.09 bits per heavy atom. The molecule has 0 aromatic carbocycles. The van der Waals surface area contributed by atoms with Gasteiger partial charge in [0, 0.05) is 58.0 Å². The summed E-state index contributed by atoms with van der Waals surface area (Å²) in [4.78, 5) is 18.1. The van der Waals surface area contributed by atoms with Gasteiger partial charge in [-0.15, -0.1) is 0 Å². The minimum atomic E-state index is -3.39. The molecule has 0 bridgehead atoms. The molecular formula is C22H37N4O6S+. The molecule has 1 amide bonds. The number of nitrogens with zero attached hydrogens (tertiary/aromatic N) is 4. The largest absolute Gasteiger partial charge is 0.502 e. The molecule has 0 radical (unpaired) electrons. The van der Waals surface area contributed by atoms with Gasteiger partial charge in [0.15, 0.2) is 0 Å². The lowest BCUT2D eigenvalue weighted by Crippen LogP contribution is -2.46. The molecule has 186 valence electrons. The first kappa shape index (κ1) is 25.7. The van der Waals surface area contributed by atoms with E-state index in [0.717, 1.165) is 5.57 Å². The number of hydrogen-bond donors (Lipinski definition) is 0. The van der Waals surface area contributed by atoms with Crippen LogP contribution in [0, 0.1) is 6.07 Å². The van der Waals surface area contributed by atoms with E-state index in [0.29, 0.717) is 64.2 Å². The molecular weight excluding hydrogens is 448 g/mol. The molecule has 0 saturated carbocycles. The maximum atomic E-state index is 12.3. The highest BCUT2D eigenvalue weighted by molar-refractivity contribution is 7.86. The maximum Gasteiger partial charge on any atom is 0.502 e. The number of carbonyl (C=O) groups excluding carboxylic acids is 1. The molecule has 2 fully saturated rings. The minimum absolute atomic E-state index is 0.0186. The summed E-state index contributed by atoms with van der Waals surface area (Å²) in [7, 11) is -0.291. The molecule has 1 unspecified atom stereocenters. The molecule has 11 heteroatoms. The lowest BCUT2D eigenvalue weighted by Gasteiger charge is -2.34. The van der Waals surface area contributed by atoms with Crippen LogP contribution in [0.15, 0.2) is 11.5 Å². The zero-order chi connectivity index (χ0) is 24.2. The van der Waals surface area contributed by atoms with Gasteiger partial charge in [-0.2, -0.15) is 17.0 Å². The topological polar surface area (TPSA) is 93.0 Å². The number of carbonyl (C=O) groups is 1. The normalized spacial score (nSPS) is 23.6. The van der Waals surface area contributed by atoms with E-state index in [1.807, 2.05) is 20.8 Å². The van der Waals surface area contributed by atoms with Crippen LogP contribution in [0.4, 0.5) is 4.79 Å². The van der Waals surface area contributed by atoms with Crippen molar-refractivity contribution in [1.82, 2.24) is 13.5 Å². The fraction of sp³-hybridized carbons (Fsp3) is 0.818. The molecule has 1 atom stereocenters. The van der Waals surface area contributed by atoms with Gasteiger partial charge in [-0.05, 0) is 33.6 Å². The Morgan fingerprint density at radius 3 is 2.27 bits per heavy atom. The number of piperidine rings is 2. The van der Waals surface area contributed by atoms with E-state index in [1.165, 1.54) is 8.61 Å². The van der Waals surface area contributed by atoms with Crippen LogP contribution in [0.25, 0.3) is 4.85 Å². The quantitative estimate of drug-likeness (QED) is 0.550. The molecule has 0 N–H and O–H groups in total. The van der Waals surface area contributed by atoms with Crippen molar-refractivity contribution in [3.63, 3.8) is 0 Å². The Kier molecular flexibility index (Phi) is 8.61. The van der Waals surface area contributed by atoms with Crippen molar-refractivity contribution in [1.29, 1.82) is 0 Å². The molecule has 3 aliphatic heterocycles. The summed E-state index contributed by atoms with van der Waals surface area (Å²) in [6.45, 7) is 7.71. The van der Waals surface area contributed by atoms with Gasteiger partial charge < -0.3 is 19.1 Å². The Bertz CT molecular complexity index is 892. The molecule has 3 aliphatic rings. The molecule has 0 aromatic heterocycles. The third kappa shape index (κ3) is 6.59. The summed E-state index contributed by atoms with van der Waals surface area (Å²) in [6, 6.07) is 3.01. The lowest BCUT2D eigenvalue weighted by atomic mass is 10.0. The summed E-state index contributed by atoms with van der Waals surface area (Å²) in [5.41, 5.74) is 0.929. The van der Waals surface area contributed by atoms with Gasteiger partial charge in [-0.25, -0.2) is 4.79 Å². The average Bonchev–Trinajstić information content (AvgIpc) is 2.77. The predicted molar refractivity (Wildman–Crippen MR) is 124 cm³/mol. The second kappa shape index (κ2) is 11.0. The number of ether oxygens (including phenoxy) is 3. The monoisotopic (exact) mass is 485 g/mol. The molecule has 10 nitrogen and oxygen atoms in total. The van der Waals surface area contributed by atoms with Crippen molar-refractivity contribution >= 4 is 16.3 Å². The van der Waals surface area contributed by atoms with Gasteiger partial charge in [0.25, 0.3) is 16.3 Å². The Balaban J connectivity index is 1.50. The highest BCUT2D eigenvalue weighted by Crippen LogP contribution is 2.28. The second-order valence-corrected chi connectivity index (χ2v) is 11.4. The summed E-state index contributed by atoms with van der Waals surface area (Å²) < 4.78 is 45.1. The van der Waals surface area contributed by atoms with Crippen LogP contribution in [0.2, 0.25) is 0 Å².